The molecule has 0 aliphatic rings. The van der Waals surface area contributed by atoms with Crippen LogP contribution in [-0.2, 0) is 0 Å². The van der Waals surface area contributed by atoms with Crippen LogP contribution in [0.15, 0.2) is 54.3 Å². The van der Waals surface area contributed by atoms with Crippen molar-refractivity contribution < 1.29 is 14.6 Å². The molecule has 7 heteroatoms. The van der Waals surface area contributed by atoms with Crippen molar-refractivity contribution in [1.82, 2.24) is 15.3 Å². The van der Waals surface area contributed by atoms with Crippen LogP contribution in [0.1, 0.15) is 23.8 Å². The molecule has 0 saturated heterocycles. The maximum Gasteiger partial charge on any atom is 0.269 e. The fraction of sp³-hybridized carbons (Fsp3) is 0.263. The molecule has 0 aliphatic heterocycles. The van der Waals surface area contributed by atoms with Gasteiger partial charge in [-0.1, -0.05) is 18.2 Å². The number of aromatic nitrogens is 2. The van der Waals surface area contributed by atoms with Crippen LogP contribution in [0, 0.1) is 0 Å². The monoisotopic (exact) mass is 371 g/mol. The van der Waals surface area contributed by atoms with Gasteiger partial charge in [-0.2, -0.15) is 0 Å². The van der Waals surface area contributed by atoms with Gasteiger partial charge in [0.1, 0.15) is 11.4 Å². The van der Waals surface area contributed by atoms with E-state index in [1.54, 1.807) is 18.3 Å². The number of aromatic amines is 1. The number of benzene rings is 1. The van der Waals surface area contributed by atoms with Gasteiger partial charge in [0.15, 0.2) is 0 Å². The number of ether oxygens (including phenoxy) is 1. The Morgan fingerprint density at radius 2 is 2.27 bits per heavy atom. The van der Waals surface area contributed by atoms with Gasteiger partial charge in [0.05, 0.1) is 31.3 Å². The average molecular weight is 371 g/mol. The van der Waals surface area contributed by atoms with E-state index in [0.29, 0.717) is 18.7 Å². The first-order chi connectivity index (χ1) is 12.6. The van der Waals surface area contributed by atoms with Crippen molar-refractivity contribution in [3.05, 3.63) is 60.0 Å². The van der Waals surface area contributed by atoms with Crippen molar-refractivity contribution in [1.29, 1.82) is 0 Å². The second-order valence-corrected chi connectivity index (χ2v) is 6.88. The average Bonchev–Trinajstić information content (AvgIpc) is 3.34. The SMILES string of the molecule is C[C@H](O)[C@@H](CCOc1cccc(-c2cccs2)c1)NC(=O)c1cnc[nH]1. The Labute approximate surface area is 155 Å². The molecule has 3 rings (SSSR count). The lowest BCUT2D eigenvalue weighted by Crippen LogP contribution is -2.43. The van der Waals surface area contributed by atoms with Gasteiger partial charge in [0.2, 0.25) is 0 Å². The zero-order valence-electron chi connectivity index (χ0n) is 14.4. The summed E-state index contributed by atoms with van der Waals surface area (Å²) < 4.78 is 5.82. The Hall–Kier alpha value is -2.64. The van der Waals surface area contributed by atoms with E-state index in [0.717, 1.165) is 11.3 Å². The Bertz CT molecular complexity index is 816. The highest BCUT2D eigenvalue weighted by Crippen LogP contribution is 2.27. The van der Waals surface area contributed by atoms with Gasteiger partial charge in [-0.05, 0) is 36.1 Å². The highest BCUT2D eigenvalue weighted by molar-refractivity contribution is 7.13. The molecule has 0 saturated carbocycles. The number of imidazole rings is 1. The normalized spacial score (nSPS) is 13.2. The number of thiophene rings is 1. The summed E-state index contributed by atoms with van der Waals surface area (Å²) in [5.74, 6) is 0.466. The molecule has 1 aromatic carbocycles. The third-order valence-corrected chi connectivity index (χ3v) is 4.90. The second-order valence-electron chi connectivity index (χ2n) is 5.93. The molecule has 0 spiro atoms. The quantitative estimate of drug-likeness (QED) is 0.568. The van der Waals surface area contributed by atoms with Crippen LogP contribution in [0.3, 0.4) is 0 Å². The molecule has 136 valence electrons. The highest BCUT2D eigenvalue weighted by Gasteiger charge is 2.19. The standard InChI is InChI=1S/C19H21N3O3S/c1-13(23)16(22-19(24)17-11-20-12-21-17)7-8-25-15-5-2-4-14(10-15)18-6-3-9-26-18/h2-6,9-13,16,23H,7-8H2,1H3,(H,20,21)(H,22,24)/t13-,16+/m0/s1. The lowest BCUT2D eigenvalue weighted by Gasteiger charge is -2.21. The fourth-order valence-corrected chi connectivity index (χ4v) is 3.27. The molecule has 2 atom stereocenters. The van der Waals surface area contributed by atoms with Crippen LogP contribution in [0.25, 0.3) is 10.4 Å². The minimum Gasteiger partial charge on any atom is -0.493 e. The van der Waals surface area contributed by atoms with E-state index in [2.05, 4.69) is 21.4 Å². The predicted molar refractivity (Wildman–Crippen MR) is 101 cm³/mol. The third kappa shape index (κ3) is 4.71. The molecule has 0 radical (unpaired) electrons. The van der Waals surface area contributed by atoms with Crippen LogP contribution in [-0.4, -0.2) is 39.7 Å². The number of carbonyl (C=O) groups is 1. The number of H-pyrrole nitrogens is 1. The van der Waals surface area contributed by atoms with Gasteiger partial charge in [-0.15, -0.1) is 11.3 Å². The first-order valence-corrected chi connectivity index (χ1v) is 9.25. The van der Waals surface area contributed by atoms with Crippen LogP contribution in [0.4, 0.5) is 0 Å². The summed E-state index contributed by atoms with van der Waals surface area (Å²) in [4.78, 5) is 19.9. The van der Waals surface area contributed by atoms with E-state index in [1.165, 1.54) is 17.4 Å². The minimum atomic E-state index is -0.692. The van der Waals surface area contributed by atoms with Gasteiger partial charge in [-0.25, -0.2) is 4.98 Å². The molecular formula is C19H21N3O3S. The molecule has 0 fully saturated rings. The topological polar surface area (TPSA) is 87.2 Å². The summed E-state index contributed by atoms with van der Waals surface area (Å²) in [6, 6.07) is 11.6. The Kier molecular flexibility index (Phi) is 6.04. The first kappa shape index (κ1) is 18.2. The zero-order valence-corrected chi connectivity index (χ0v) is 15.2. The van der Waals surface area contributed by atoms with Crippen molar-refractivity contribution in [3.63, 3.8) is 0 Å². The maximum atomic E-state index is 12.1. The summed E-state index contributed by atoms with van der Waals surface area (Å²) >= 11 is 1.68. The molecular weight excluding hydrogens is 350 g/mol. The lowest BCUT2D eigenvalue weighted by molar-refractivity contribution is 0.0827. The van der Waals surface area contributed by atoms with Gasteiger partial charge >= 0.3 is 0 Å². The molecule has 1 amide bonds. The third-order valence-electron chi connectivity index (χ3n) is 3.98. The van der Waals surface area contributed by atoms with Crippen molar-refractivity contribution in [2.45, 2.75) is 25.5 Å². The Morgan fingerprint density at radius 1 is 1.38 bits per heavy atom. The summed E-state index contributed by atoms with van der Waals surface area (Å²) in [5.41, 5.74) is 1.47. The smallest absolute Gasteiger partial charge is 0.269 e. The van der Waals surface area contributed by atoms with Crippen molar-refractivity contribution in [3.8, 4) is 16.2 Å². The second kappa shape index (κ2) is 8.64. The van der Waals surface area contributed by atoms with E-state index in [9.17, 15) is 9.90 Å². The number of amides is 1. The van der Waals surface area contributed by atoms with E-state index in [-0.39, 0.29) is 5.91 Å². The van der Waals surface area contributed by atoms with Crippen molar-refractivity contribution in [2.75, 3.05) is 6.61 Å². The van der Waals surface area contributed by atoms with Gasteiger partial charge in [-0.3, -0.25) is 4.79 Å². The summed E-state index contributed by atoms with van der Waals surface area (Å²) in [7, 11) is 0. The Balaban J connectivity index is 1.55. The number of nitrogens with one attached hydrogen (secondary N) is 2. The Morgan fingerprint density at radius 3 is 2.96 bits per heavy atom. The fourth-order valence-electron chi connectivity index (χ4n) is 2.55. The largest absolute Gasteiger partial charge is 0.493 e. The molecule has 26 heavy (non-hydrogen) atoms. The van der Waals surface area contributed by atoms with E-state index in [1.807, 2.05) is 35.7 Å². The van der Waals surface area contributed by atoms with Crippen LogP contribution in [0.5, 0.6) is 5.75 Å². The van der Waals surface area contributed by atoms with E-state index < -0.39 is 12.1 Å². The molecule has 0 aliphatic carbocycles. The number of hydrogen-bond donors (Lipinski definition) is 3. The van der Waals surface area contributed by atoms with Gasteiger partial charge in [0, 0.05) is 11.3 Å². The molecule has 6 nitrogen and oxygen atoms in total. The van der Waals surface area contributed by atoms with Gasteiger partial charge in [0.25, 0.3) is 5.91 Å². The summed E-state index contributed by atoms with van der Waals surface area (Å²) in [5, 5.41) is 14.8. The van der Waals surface area contributed by atoms with E-state index >= 15 is 0 Å². The van der Waals surface area contributed by atoms with Crippen molar-refractivity contribution >= 4 is 17.2 Å². The number of rotatable bonds is 8. The molecule has 2 heterocycles. The van der Waals surface area contributed by atoms with Crippen LogP contribution in [0.2, 0.25) is 0 Å². The molecule has 3 N–H and O–H groups in total. The summed E-state index contributed by atoms with van der Waals surface area (Å²) in [6.07, 6.45) is 2.68. The number of aliphatic hydroxyl groups is 1. The van der Waals surface area contributed by atoms with E-state index in [4.69, 9.17) is 4.74 Å². The number of nitrogens with zero attached hydrogens (tertiary/aromatic N) is 1. The zero-order chi connectivity index (χ0) is 18.4. The summed E-state index contributed by atoms with van der Waals surface area (Å²) in [6.45, 7) is 2.03. The maximum absolute atomic E-state index is 12.1. The van der Waals surface area contributed by atoms with Crippen LogP contribution >= 0.6 is 11.3 Å². The predicted octanol–water partition coefficient (Wildman–Crippen LogP) is 3.09. The molecule has 0 bridgehead atoms. The van der Waals surface area contributed by atoms with Crippen LogP contribution < -0.4 is 10.1 Å². The molecule has 0 unspecified atom stereocenters. The highest BCUT2D eigenvalue weighted by atomic mass is 32.1. The molecule has 2 aromatic heterocycles. The van der Waals surface area contributed by atoms with Gasteiger partial charge < -0.3 is 20.1 Å². The minimum absolute atomic E-state index is 0.298. The number of hydrogen-bond acceptors (Lipinski definition) is 5. The lowest BCUT2D eigenvalue weighted by atomic mass is 10.1. The number of carbonyl (C=O) groups excluding carboxylic acids is 1. The molecule has 3 aromatic rings. The van der Waals surface area contributed by atoms with Crippen molar-refractivity contribution in [2.24, 2.45) is 0 Å². The first-order valence-electron chi connectivity index (χ1n) is 8.37. The number of aliphatic hydroxyl groups excluding tert-OH is 1.